The van der Waals surface area contributed by atoms with Gasteiger partial charge in [0, 0.05) is 12.1 Å². The highest BCUT2D eigenvalue weighted by Gasteiger charge is 2.17. The minimum absolute atomic E-state index is 0.241. The van der Waals surface area contributed by atoms with Gasteiger partial charge in [-0.15, -0.1) is 0 Å². The van der Waals surface area contributed by atoms with E-state index < -0.39 is 0 Å². The fourth-order valence-electron chi connectivity index (χ4n) is 2.65. The lowest BCUT2D eigenvalue weighted by Gasteiger charge is -2.20. The highest BCUT2D eigenvalue weighted by Crippen LogP contribution is 2.23. The molecule has 2 rings (SSSR count). The molecule has 1 fully saturated rings. The normalized spacial score (nSPS) is 18.2. The third kappa shape index (κ3) is 3.74. The molecule has 1 N–H and O–H groups in total. The molecule has 1 aliphatic carbocycles. The van der Waals surface area contributed by atoms with Gasteiger partial charge in [0.15, 0.2) is 0 Å². The molecule has 0 spiro atoms. The summed E-state index contributed by atoms with van der Waals surface area (Å²) in [5.74, 6) is 0.960. The summed E-state index contributed by atoms with van der Waals surface area (Å²) in [5.41, 5.74) is 1.35. The fourth-order valence-corrected chi connectivity index (χ4v) is 2.65. The standard InChI is InChI=1S/C16H25NO/c1-12(2)18-16-10-8-14(9-11-16)13(3)17-15-6-4-5-7-15/h8-13,15,17H,4-7H2,1-3H3. The van der Waals surface area contributed by atoms with Crippen LogP contribution in [0.2, 0.25) is 0 Å². The number of nitrogens with one attached hydrogen (secondary N) is 1. The van der Waals surface area contributed by atoms with E-state index in [-0.39, 0.29) is 6.10 Å². The van der Waals surface area contributed by atoms with Crippen molar-refractivity contribution in [1.82, 2.24) is 5.32 Å². The third-order valence-corrected chi connectivity index (χ3v) is 3.59. The number of hydrogen-bond donors (Lipinski definition) is 1. The van der Waals surface area contributed by atoms with Crippen molar-refractivity contribution in [3.05, 3.63) is 29.8 Å². The van der Waals surface area contributed by atoms with E-state index in [4.69, 9.17) is 4.74 Å². The molecule has 18 heavy (non-hydrogen) atoms. The zero-order chi connectivity index (χ0) is 13.0. The number of hydrogen-bond acceptors (Lipinski definition) is 2. The zero-order valence-corrected chi connectivity index (χ0v) is 11.8. The number of ether oxygens (including phenoxy) is 1. The first kappa shape index (κ1) is 13.4. The minimum Gasteiger partial charge on any atom is -0.491 e. The van der Waals surface area contributed by atoms with Gasteiger partial charge in [-0.25, -0.2) is 0 Å². The molecule has 2 nitrogen and oxygen atoms in total. The van der Waals surface area contributed by atoms with Crippen LogP contribution in [0.4, 0.5) is 0 Å². The average Bonchev–Trinajstić information content (AvgIpc) is 2.82. The maximum Gasteiger partial charge on any atom is 0.119 e. The summed E-state index contributed by atoms with van der Waals surface area (Å²) in [7, 11) is 0. The van der Waals surface area contributed by atoms with E-state index in [0.29, 0.717) is 12.1 Å². The largest absolute Gasteiger partial charge is 0.491 e. The SMILES string of the molecule is CC(C)Oc1ccc(C(C)NC2CCCC2)cc1. The van der Waals surface area contributed by atoms with Crippen LogP contribution in [-0.4, -0.2) is 12.1 Å². The van der Waals surface area contributed by atoms with Crippen LogP contribution in [0.5, 0.6) is 5.75 Å². The Bertz CT molecular complexity index is 352. The van der Waals surface area contributed by atoms with Crippen LogP contribution in [-0.2, 0) is 0 Å². The Balaban J connectivity index is 1.91. The third-order valence-electron chi connectivity index (χ3n) is 3.59. The van der Waals surface area contributed by atoms with Gasteiger partial charge in [0.2, 0.25) is 0 Å². The topological polar surface area (TPSA) is 21.3 Å². The Kier molecular flexibility index (Phi) is 4.65. The molecule has 0 radical (unpaired) electrons. The van der Waals surface area contributed by atoms with Crippen molar-refractivity contribution in [2.24, 2.45) is 0 Å². The van der Waals surface area contributed by atoms with Crippen molar-refractivity contribution in [2.45, 2.75) is 64.6 Å². The first-order valence-corrected chi connectivity index (χ1v) is 7.18. The Morgan fingerprint density at radius 1 is 1.06 bits per heavy atom. The van der Waals surface area contributed by atoms with Crippen molar-refractivity contribution in [2.75, 3.05) is 0 Å². The monoisotopic (exact) mass is 247 g/mol. The smallest absolute Gasteiger partial charge is 0.119 e. The summed E-state index contributed by atoms with van der Waals surface area (Å²) in [5, 5.41) is 3.71. The molecule has 1 saturated carbocycles. The van der Waals surface area contributed by atoms with Crippen molar-refractivity contribution in [3.8, 4) is 5.75 Å². The molecule has 1 atom stereocenters. The molecule has 1 aromatic rings. The summed E-state index contributed by atoms with van der Waals surface area (Å²) in [4.78, 5) is 0. The Hall–Kier alpha value is -1.02. The molecular formula is C16H25NO. The van der Waals surface area contributed by atoms with E-state index in [9.17, 15) is 0 Å². The molecule has 100 valence electrons. The van der Waals surface area contributed by atoms with E-state index in [2.05, 4.69) is 50.4 Å². The summed E-state index contributed by atoms with van der Waals surface area (Å²) in [6, 6.07) is 9.63. The van der Waals surface area contributed by atoms with E-state index in [1.54, 1.807) is 0 Å². The predicted octanol–water partition coefficient (Wildman–Crippen LogP) is 4.07. The molecule has 0 aromatic heterocycles. The van der Waals surface area contributed by atoms with Gasteiger partial charge in [-0.1, -0.05) is 25.0 Å². The lowest BCUT2D eigenvalue weighted by atomic mass is 10.1. The van der Waals surface area contributed by atoms with Crippen LogP contribution in [0.1, 0.15) is 58.1 Å². The lowest BCUT2D eigenvalue weighted by Crippen LogP contribution is -2.28. The second-order valence-electron chi connectivity index (χ2n) is 5.61. The first-order valence-electron chi connectivity index (χ1n) is 7.18. The van der Waals surface area contributed by atoms with Crippen molar-refractivity contribution >= 4 is 0 Å². The van der Waals surface area contributed by atoms with Crippen LogP contribution in [0.15, 0.2) is 24.3 Å². The van der Waals surface area contributed by atoms with E-state index in [0.717, 1.165) is 5.75 Å². The minimum atomic E-state index is 0.241. The van der Waals surface area contributed by atoms with Crippen molar-refractivity contribution in [3.63, 3.8) is 0 Å². The molecule has 0 amide bonds. The molecule has 1 aliphatic rings. The van der Waals surface area contributed by atoms with Crippen LogP contribution in [0, 0.1) is 0 Å². The molecule has 0 aliphatic heterocycles. The van der Waals surface area contributed by atoms with Crippen LogP contribution >= 0.6 is 0 Å². The molecule has 0 bridgehead atoms. The van der Waals surface area contributed by atoms with Crippen LogP contribution in [0.25, 0.3) is 0 Å². The van der Waals surface area contributed by atoms with Crippen LogP contribution in [0.3, 0.4) is 0 Å². The second-order valence-corrected chi connectivity index (χ2v) is 5.61. The summed E-state index contributed by atoms with van der Waals surface area (Å²) >= 11 is 0. The highest BCUT2D eigenvalue weighted by molar-refractivity contribution is 5.29. The Labute approximate surface area is 111 Å². The molecule has 2 heteroatoms. The van der Waals surface area contributed by atoms with Crippen LogP contribution < -0.4 is 10.1 Å². The first-order chi connectivity index (χ1) is 8.65. The van der Waals surface area contributed by atoms with E-state index in [1.165, 1.54) is 31.2 Å². The van der Waals surface area contributed by atoms with Gasteiger partial charge >= 0.3 is 0 Å². The highest BCUT2D eigenvalue weighted by atomic mass is 16.5. The zero-order valence-electron chi connectivity index (χ0n) is 11.8. The van der Waals surface area contributed by atoms with E-state index in [1.807, 2.05) is 0 Å². The quantitative estimate of drug-likeness (QED) is 0.847. The molecular weight excluding hydrogens is 222 g/mol. The number of benzene rings is 1. The Morgan fingerprint density at radius 2 is 1.67 bits per heavy atom. The van der Waals surface area contributed by atoms with Gasteiger partial charge in [-0.05, 0) is 51.3 Å². The predicted molar refractivity (Wildman–Crippen MR) is 76.0 cm³/mol. The maximum absolute atomic E-state index is 5.66. The van der Waals surface area contributed by atoms with Gasteiger partial charge < -0.3 is 10.1 Å². The summed E-state index contributed by atoms with van der Waals surface area (Å²) in [6.45, 7) is 6.35. The van der Waals surface area contributed by atoms with E-state index >= 15 is 0 Å². The van der Waals surface area contributed by atoms with Gasteiger partial charge in [0.05, 0.1) is 6.10 Å². The second kappa shape index (κ2) is 6.24. The molecule has 1 aromatic carbocycles. The molecule has 0 heterocycles. The maximum atomic E-state index is 5.66. The summed E-state index contributed by atoms with van der Waals surface area (Å²) < 4.78 is 5.66. The fraction of sp³-hybridized carbons (Fsp3) is 0.625. The molecule has 0 saturated heterocycles. The number of rotatable bonds is 5. The summed E-state index contributed by atoms with van der Waals surface area (Å²) in [6.07, 6.45) is 5.67. The lowest BCUT2D eigenvalue weighted by molar-refractivity contribution is 0.242. The van der Waals surface area contributed by atoms with Gasteiger partial charge in [-0.2, -0.15) is 0 Å². The Morgan fingerprint density at radius 3 is 2.22 bits per heavy atom. The van der Waals surface area contributed by atoms with Gasteiger partial charge in [0.25, 0.3) is 0 Å². The average molecular weight is 247 g/mol. The van der Waals surface area contributed by atoms with Crippen molar-refractivity contribution in [1.29, 1.82) is 0 Å². The van der Waals surface area contributed by atoms with Gasteiger partial charge in [-0.3, -0.25) is 0 Å². The molecule has 1 unspecified atom stereocenters. The van der Waals surface area contributed by atoms with Gasteiger partial charge in [0.1, 0.15) is 5.75 Å². The van der Waals surface area contributed by atoms with Crippen molar-refractivity contribution < 1.29 is 4.74 Å².